The highest BCUT2D eigenvalue weighted by atomic mass is 32.1. The third-order valence-corrected chi connectivity index (χ3v) is 6.44. The molecule has 2 heterocycles. The largest absolute Gasteiger partial charge is 0.494 e. The number of aromatic nitrogens is 1. The van der Waals surface area contributed by atoms with Gasteiger partial charge >= 0.3 is 0 Å². The number of hydrogen-bond donors (Lipinski definition) is 1. The summed E-state index contributed by atoms with van der Waals surface area (Å²) in [6.45, 7) is 8.38. The van der Waals surface area contributed by atoms with Gasteiger partial charge in [-0.2, -0.15) is 0 Å². The van der Waals surface area contributed by atoms with Crippen LogP contribution in [0.4, 0.5) is 10.8 Å². The number of hydrogen-bond acceptors (Lipinski definition) is 5. The van der Waals surface area contributed by atoms with Crippen LogP contribution in [-0.4, -0.2) is 30.6 Å². The number of carbonyl (C=O) groups is 1. The lowest BCUT2D eigenvalue weighted by molar-refractivity contribution is -0.120. The number of carbonyl (C=O) groups excluding carboxylic acids is 1. The van der Waals surface area contributed by atoms with Crippen molar-refractivity contribution in [3.63, 3.8) is 0 Å². The topological polar surface area (TPSA) is 54.5 Å². The van der Waals surface area contributed by atoms with Crippen LogP contribution in [0, 0.1) is 19.8 Å². The summed E-state index contributed by atoms with van der Waals surface area (Å²) in [6.07, 6.45) is 1.90. The molecule has 5 nitrogen and oxygen atoms in total. The standard InChI is InChI=1S/C23H27N3O2S/c1-4-28-18-8-10-20-21(13-18)29-23(25-20)26-11-5-6-17(14-26)22(27)24-19-9-7-15(2)12-16(19)3/h7-10,12-13,17H,4-6,11,14H2,1-3H3,(H,24,27)/t17-/m0/s1. The van der Waals surface area contributed by atoms with Gasteiger partial charge in [-0.1, -0.05) is 29.0 Å². The minimum atomic E-state index is -0.0320. The van der Waals surface area contributed by atoms with Gasteiger partial charge in [0.2, 0.25) is 5.91 Å². The zero-order valence-electron chi connectivity index (χ0n) is 17.2. The molecule has 6 heteroatoms. The summed E-state index contributed by atoms with van der Waals surface area (Å²) in [5.41, 5.74) is 4.19. The van der Waals surface area contributed by atoms with Crippen molar-refractivity contribution in [3.8, 4) is 5.75 Å². The van der Waals surface area contributed by atoms with Gasteiger partial charge in [0.25, 0.3) is 0 Å². The SMILES string of the molecule is CCOc1ccc2nc(N3CCC[C@H](C(=O)Nc4ccc(C)cc4C)C3)sc2c1. The molecule has 1 fully saturated rings. The highest BCUT2D eigenvalue weighted by molar-refractivity contribution is 7.22. The zero-order valence-corrected chi connectivity index (χ0v) is 18.0. The predicted molar refractivity (Wildman–Crippen MR) is 120 cm³/mol. The molecule has 1 saturated heterocycles. The van der Waals surface area contributed by atoms with Crippen molar-refractivity contribution in [1.29, 1.82) is 0 Å². The Balaban J connectivity index is 1.47. The summed E-state index contributed by atoms with van der Waals surface area (Å²) >= 11 is 1.67. The fraction of sp³-hybridized carbons (Fsp3) is 0.391. The van der Waals surface area contributed by atoms with E-state index < -0.39 is 0 Å². The minimum absolute atomic E-state index is 0.0320. The molecule has 1 atom stereocenters. The average Bonchev–Trinajstić information content (AvgIpc) is 3.14. The summed E-state index contributed by atoms with van der Waals surface area (Å²) in [6, 6.07) is 12.1. The molecule has 1 aliphatic rings. The normalized spacial score (nSPS) is 16.8. The van der Waals surface area contributed by atoms with Crippen molar-refractivity contribution in [3.05, 3.63) is 47.5 Å². The Morgan fingerprint density at radius 3 is 2.93 bits per heavy atom. The minimum Gasteiger partial charge on any atom is -0.494 e. The monoisotopic (exact) mass is 409 g/mol. The van der Waals surface area contributed by atoms with Crippen LogP contribution >= 0.6 is 11.3 Å². The van der Waals surface area contributed by atoms with E-state index in [1.807, 2.05) is 44.2 Å². The lowest BCUT2D eigenvalue weighted by Gasteiger charge is -2.31. The summed E-state index contributed by atoms with van der Waals surface area (Å²) in [5.74, 6) is 0.941. The number of nitrogens with zero attached hydrogens (tertiary/aromatic N) is 2. The number of ether oxygens (including phenoxy) is 1. The first-order valence-electron chi connectivity index (χ1n) is 10.2. The zero-order chi connectivity index (χ0) is 20.4. The second-order valence-corrected chi connectivity index (χ2v) is 8.66. The molecular weight excluding hydrogens is 382 g/mol. The maximum absolute atomic E-state index is 12.9. The van der Waals surface area contributed by atoms with E-state index in [0.29, 0.717) is 13.2 Å². The molecule has 1 aromatic heterocycles. The quantitative estimate of drug-likeness (QED) is 0.632. The lowest BCUT2D eigenvalue weighted by Crippen LogP contribution is -2.40. The van der Waals surface area contributed by atoms with Gasteiger partial charge in [-0.05, 0) is 63.4 Å². The fourth-order valence-corrected chi connectivity index (χ4v) is 4.87. The number of thiazole rings is 1. The summed E-state index contributed by atoms with van der Waals surface area (Å²) in [4.78, 5) is 19.9. The van der Waals surface area contributed by atoms with Crippen LogP contribution in [0.3, 0.4) is 0 Å². The van der Waals surface area contributed by atoms with Gasteiger partial charge in [-0.15, -0.1) is 0 Å². The molecule has 2 aromatic carbocycles. The maximum Gasteiger partial charge on any atom is 0.229 e. The van der Waals surface area contributed by atoms with Crippen LogP contribution in [0.25, 0.3) is 10.2 Å². The molecule has 3 aromatic rings. The molecule has 0 aliphatic carbocycles. The Kier molecular flexibility index (Phi) is 5.72. The van der Waals surface area contributed by atoms with Crippen LogP contribution in [0.15, 0.2) is 36.4 Å². The average molecular weight is 410 g/mol. The van der Waals surface area contributed by atoms with Gasteiger partial charge in [0, 0.05) is 18.8 Å². The smallest absolute Gasteiger partial charge is 0.229 e. The van der Waals surface area contributed by atoms with E-state index in [1.165, 1.54) is 5.56 Å². The van der Waals surface area contributed by atoms with Crippen molar-refractivity contribution in [2.75, 3.05) is 29.9 Å². The lowest BCUT2D eigenvalue weighted by atomic mass is 9.97. The van der Waals surface area contributed by atoms with Crippen LogP contribution in [0.5, 0.6) is 5.75 Å². The number of amides is 1. The van der Waals surface area contributed by atoms with E-state index in [-0.39, 0.29) is 11.8 Å². The Bertz CT molecular complexity index is 1030. The highest BCUT2D eigenvalue weighted by Gasteiger charge is 2.27. The molecule has 0 unspecified atom stereocenters. The number of anilines is 2. The van der Waals surface area contributed by atoms with Crippen LogP contribution in [0.1, 0.15) is 30.9 Å². The first-order valence-corrected chi connectivity index (χ1v) is 11.0. The molecule has 0 spiro atoms. The molecule has 4 rings (SSSR count). The molecule has 1 N–H and O–H groups in total. The molecule has 0 saturated carbocycles. The number of piperidine rings is 1. The van der Waals surface area contributed by atoms with E-state index in [4.69, 9.17) is 9.72 Å². The molecule has 0 radical (unpaired) electrons. The van der Waals surface area contributed by atoms with Gasteiger partial charge in [-0.3, -0.25) is 4.79 Å². The Hall–Kier alpha value is -2.60. The second-order valence-electron chi connectivity index (χ2n) is 7.65. The van der Waals surface area contributed by atoms with Gasteiger partial charge in [-0.25, -0.2) is 4.98 Å². The summed E-state index contributed by atoms with van der Waals surface area (Å²) in [5, 5.41) is 4.11. The number of aryl methyl sites for hydroxylation is 2. The van der Waals surface area contributed by atoms with Crippen molar-refractivity contribution < 1.29 is 9.53 Å². The van der Waals surface area contributed by atoms with Crippen LogP contribution in [0.2, 0.25) is 0 Å². The number of fused-ring (bicyclic) bond motifs is 1. The summed E-state index contributed by atoms with van der Waals surface area (Å²) < 4.78 is 6.72. The third kappa shape index (κ3) is 4.37. The maximum atomic E-state index is 12.9. The van der Waals surface area contributed by atoms with Crippen LogP contribution < -0.4 is 15.0 Å². The second kappa shape index (κ2) is 8.41. The van der Waals surface area contributed by atoms with Crippen LogP contribution in [-0.2, 0) is 4.79 Å². The van der Waals surface area contributed by atoms with E-state index in [0.717, 1.165) is 51.7 Å². The molecule has 0 bridgehead atoms. The van der Waals surface area contributed by atoms with E-state index in [1.54, 1.807) is 11.3 Å². The van der Waals surface area contributed by atoms with E-state index in [9.17, 15) is 4.79 Å². The van der Waals surface area contributed by atoms with Gasteiger partial charge in [0.1, 0.15) is 5.75 Å². The van der Waals surface area contributed by atoms with Crippen molar-refractivity contribution in [2.45, 2.75) is 33.6 Å². The first-order chi connectivity index (χ1) is 14.0. The van der Waals surface area contributed by atoms with Crippen molar-refractivity contribution in [2.24, 2.45) is 5.92 Å². The van der Waals surface area contributed by atoms with Gasteiger partial charge < -0.3 is 15.0 Å². The Morgan fingerprint density at radius 1 is 1.28 bits per heavy atom. The summed E-state index contributed by atoms with van der Waals surface area (Å²) in [7, 11) is 0. The molecule has 29 heavy (non-hydrogen) atoms. The fourth-order valence-electron chi connectivity index (χ4n) is 3.84. The van der Waals surface area contributed by atoms with Crippen molar-refractivity contribution >= 4 is 38.3 Å². The Morgan fingerprint density at radius 2 is 2.14 bits per heavy atom. The number of nitrogens with one attached hydrogen (secondary N) is 1. The predicted octanol–water partition coefficient (Wildman–Crippen LogP) is 5.17. The first kappa shape index (κ1) is 19.7. The molecule has 1 aliphatic heterocycles. The molecular formula is C23H27N3O2S. The highest BCUT2D eigenvalue weighted by Crippen LogP contribution is 2.34. The third-order valence-electron chi connectivity index (χ3n) is 5.36. The molecule has 152 valence electrons. The van der Waals surface area contributed by atoms with Crippen molar-refractivity contribution in [1.82, 2.24) is 4.98 Å². The van der Waals surface area contributed by atoms with E-state index >= 15 is 0 Å². The number of rotatable bonds is 5. The Labute approximate surface area is 175 Å². The van der Waals surface area contributed by atoms with Gasteiger partial charge in [0.05, 0.1) is 22.7 Å². The van der Waals surface area contributed by atoms with Gasteiger partial charge in [0.15, 0.2) is 5.13 Å². The number of benzene rings is 2. The molecule has 1 amide bonds. The van der Waals surface area contributed by atoms with E-state index in [2.05, 4.69) is 23.2 Å².